The largest absolute Gasteiger partial charge is 0.481 e. The molecule has 1 aliphatic heterocycles. The quantitative estimate of drug-likeness (QED) is 0.880. The predicted octanol–water partition coefficient (Wildman–Crippen LogP) is 4.10. The Hall–Kier alpha value is -2.83. The van der Waals surface area contributed by atoms with Gasteiger partial charge in [0, 0.05) is 19.5 Å². The van der Waals surface area contributed by atoms with Gasteiger partial charge in [-0.2, -0.15) is 0 Å². The SMILES string of the molecule is O=C(O)C1CCCN(c2ncnc3c(F)ccc(C4=CC=C(F)CC4)c23)C1. The van der Waals surface area contributed by atoms with Crippen LogP contribution in [0.1, 0.15) is 31.2 Å². The summed E-state index contributed by atoms with van der Waals surface area (Å²) in [7, 11) is 0. The smallest absolute Gasteiger partial charge is 0.308 e. The van der Waals surface area contributed by atoms with Crippen molar-refractivity contribution in [2.75, 3.05) is 18.0 Å². The number of anilines is 1. The van der Waals surface area contributed by atoms with Crippen molar-refractivity contribution in [3.8, 4) is 0 Å². The monoisotopic (exact) mass is 371 g/mol. The summed E-state index contributed by atoms with van der Waals surface area (Å²) in [5, 5.41) is 9.93. The van der Waals surface area contributed by atoms with Crippen LogP contribution in [0.2, 0.25) is 0 Å². The first-order chi connectivity index (χ1) is 13.0. The van der Waals surface area contributed by atoms with E-state index < -0.39 is 17.7 Å². The van der Waals surface area contributed by atoms with Gasteiger partial charge in [0.2, 0.25) is 0 Å². The fourth-order valence-corrected chi connectivity index (χ4v) is 3.84. The third-order valence-electron chi connectivity index (χ3n) is 5.23. The minimum absolute atomic E-state index is 0.179. The Kier molecular flexibility index (Phi) is 4.59. The molecule has 0 radical (unpaired) electrons. The van der Waals surface area contributed by atoms with E-state index in [0.29, 0.717) is 43.6 Å². The van der Waals surface area contributed by atoms with Crippen molar-refractivity contribution in [3.05, 3.63) is 47.8 Å². The van der Waals surface area contributed by atoms with Gasteiger partial charge in [0.05, 0.1) is 11.3 Å². The van der Waals surface area contributed by atoms with Gasteiger partial charge in [-0.25, -0.2) is 18.7 Å². The Morgan fingerprint density at radius 1 is 1.19 bits per heavy atom. The molecule has 1 aliphatic carbocycles. The Morgan fingerprint density at radius 3 is 2.78 bits per heavy atom. The summed E-state index contributed by atoms with van der Waals surface area (Å²) in [5.41, 5.74) is 1.86. The second kappa shape index (κ2) is 7.06. The zero-order chi connectivity index (χ0) is 19.0. The highest BCUT2D eigenvalue weighted by Crippen LogP contribution is 2.37. The zero-order valence-corrected chi connectivity index (χ0v) is 14.7. The maximum atomic E-state index is 14.5. The van der Waals surface area contributed by atoms with Gasteiger partial charge in [-0.1, -0.05) is 12.1 Å². The first-order valence-electron chi connectivity index (χ1n) is 9.01. The normalized spacial score (nSPS) is 20.4. The number of piperidine rings is 1. The number of carbonyl (C=O) groups is 1. The second-order valence-corrected chi connectivity index (χ2v) is 6.94. The summed E-state index contributed by atoms with van der Waals surface area (Å²) in [6.45, 7) is 0.977. The number of aliphatic carboxylic acids is 1. The molecule has 0 amide bonds. The van der Waals surface area contributed by atoms with Crippen LogP contribution in [0.5, 0.6) is 0 Å². The van der Waals surface area contributed by atoms with Crippen LogP contribution in [0.3, 0.4) is 0 Å². The van der Waals surface area contributed by atoms with Crippen LogP contribution in [-0.2, 0) is 4.79 Å². The molecule has 2 heterocycles. The number of carboxylic acid groups (broad SMARTS) is 1. The summed E-state index contributed by atoms with van der Waals surface area (Å²) in [4.78, 5) is 21.8. The molecule has 1 fully saturated rings. The van der Waals surface area contributed by atoms with Gasteiger partial charge in [0.1, 0.15) is 29.3 Å². The second-order valence-electron chi connectivity index (χ2n) is 6.94. The van der Waals surface area contributed by atoms with Crippen molar-refractivity contribution in [1.29, 1.82) is 0 Å². The first kappa shape index (κ1) is 17.6. The van der Waals surface area contributed by atoms with Gasteiger partial charge in [-0.05, 0) is 42.5 Å². The summed E-state index contributed by atoms with van der Waals surface area (Å²) >= 11 is 0. The molecular weight excluding hydrogens is 352 g/mol. The average molecular weight is 371 g/mol. The van der Waals surface area contributed by atoms with Gasteiger partial charge in [0.25, 0.3) is 0 Å². The van der Waals surface area contributed by atoms with Gasteiger partial charge in [-0.3, -0.25) is 4.79 Å². The molecule has 5 nitrogen and oxygen atoms in total. The lowest BCUT2D eigenvalue weighted by atomic mass is 9.93. The van der Waals surface area contributed by atoms with Gasteiger partial charge in [-0.15, -0.1) is 0 Å². The van der Waals surface area contributed by atoms with E-state index in [1.54, 1.807) is 12.1 Å². The molecule has 7 heteroatoms. The third kappa shape index (κ3) is 3.29. The maximum Gasteiger partial charge on any atom is 0.308 e. The van der Waals surface area contributed by atoms with E-state index in [1.807, 2.05) is 4.90 Å². The molecule has 1 unspecified atom stereocenters. The van der Waals surface area contributed by atoms with Crippen molar-refractivity contribution < 1.29 is 18.7 Å². The molecule has 1 N–H and O–H groups in total. The highest BCUT2D eigenvalue weighted by molar-refractivity contribution is 6.00. The molecular formula is C20H19F2N3O2. The number of carboxylic acids is 1. The fourth-order valence-electron chi connectivity index (χ4n) is 3.84. The van der Waals surface area contributed by atoms with E-state index in [4.69, 9.17) is 0 Å². The Morgan fingerprint density at radius 2 is 2.04 bits per heavy atom. The predicted molar refractivity (Wildman–Crippen MR) is 98.5 cm³/mol. The molecule has 140 valence electrons. The highest BCUT2D eigenvalue weighted by Gasteiger charge is 2.28. The van der Waals surface area contributed by atoms with E-state index in [9.17, 15) is 18.7 Å². The van der Waals surface area contributed by atoms with Crippen LogP contribution in [0.25, 0.3) is 16.5 Å². The Balaban J connectivity index is 1.86. The van der Waals surface area contributed by atoms with Crippen LogP contribution < -0.4 is 4.90 Å². The third-order valence-corrected chi connectivity index (χ3v) is 5.23. The van der Waals surface area contributed by atoms with Crippen LogP contribution >= 0.6 is 0 Å². The molecule has 1 atom stereocenters. The zero-order valence-electron chi connectivity index (χ0n) is 14.7. The molecule has 0 spiro atoms. The Labute approximate surface area is 155 Å². The number of rotatable bonds is 3. The van der Waals surface area contributed by atoms with Gasteiger partial charge < -0.3 is 10.0 Å². The minimum Gasteiger partial charge on any atom is -0.481 e. The van der Waals surface area contributed by atoms with Crippen molar-refractivity contribution in [2.45, 2.75) is 25.7 Å². The topological polar surface area (TPSA) is 66.3 Å². The van der Waals surface area contributed by atoms with Crippen LogP contribution in [0.15, 0.2) is 36.4 Å². The highest BCUT2D eigenvalue weighted by atomic mass is 19.1. The van der Waals surface area contributed by atoms with Crippen LogP contribution in [0.4, 0.5) is 14.6 Å². The number of allylic oxidation sites excluding steroid dienone is 4. The average Bonchev–Trinajstić information content (AvgIpc) is 2.69. The van der Waals surface area contributed by atoms with Crippen molar-refractivity contribution >= 4 is 28.3 Å². The Bertz CT molecular complexity index is 971. The van der Waals surface area contributed by atoms with Gasteiger partial charge in [0.15, 0.2) is 0 Å². The number of hydrogen-bond acceptors (Lipinski definition) is 4. The molecule has 27 heavy (non-hydrogen) atoms. The molecule has 0 bridgehead atoms. The van der Waals surface area contributed by atoms with E-state index >= 15 is 0 Å². The molecule has 1 aromatic heterocycles. The van der Waals surface area contributed by atoms with Crippen molar-refractivity contribution in [2.24, 2.45) is 5.92 Å². The standard InChI is InChI=1S/C20H19F2N3O2/c21-14-5-3-12(4-6-14)15-7-8-16(22)18-17(15)19(24-11-23-18)25-9-1-2-13(10-25)20(26)27/h3,5,7-8,11,13H,1-2,4,6,9-10H2,(H,26,27). The molecule has 1 aromatic carbocycles. The van der Waals surface area contributed by atoms with E-state index in [1.165, 1.54) is 18.5 Å². The van der Waals surface area contributed by atoms with E-state index in [0.717, 1.165) is 17.6 Å². The van der Waals surface area contributed by atoms with Crippen LogP contribution in [0, 0.1) is 11.7 Å². The summed E-state index contributed by atoms with van der Waals surface area (Å²) in [6.07, 6.45) is 6.60. The lowest BCUT2D eigenvalue weighted by Gasteiger charge is -2.32. The van der Waals surface area contributed by atoms with Gasteiger partial charge >= 0.3 is 5.97 Å². The van der Waals surface area contributed by atoms with Crippen molar-refractivity contribution in [3.63, 3.8) is 0 Å². The summed E-state index contributed by atoms with van der Waals surface area (Å²) in [6, 6.07) is 3.03. The van der Waals surface area contributed by atoms with E-state index in [-0.39, 0.29) is 11.3 Å². The number of aromatic nitrogens is 2. The summed E-state index contributed by atoms with van der Waals surface area (Å²) < 4.78 is 27.9. The molecule has 2 aliphatic rings. The number of halogens is 2. The number of fused-ring (bicyclic) bond motifs is 1. The minimum atomic E-state index is -0.833. The number of nitrogens with zero attached hydrogens (tertiary/aromatic N) is 3. The fraction of sp³-hybridized carbons (Fsp3) is 0.350. The number of benzene rings is 1. The molecule has 2 aromatic rings. The number of hydrogen-bond donors (Lipinski definition) is 1. The lowest BCUT2D eigenvalue weighted by molar-refractivity contribution is -0.141. The lowest BCUT2D eigenvalue weighted by Crippen LogP contribution is -2.39. The molecule has 0 saturated carbocycles. The van der Waals surface area contributed by atoms with Crippen LogP contribution in [-0.4, -0.2) is 34.1 Å². The maximum absolute atomic E-state index is 14.5. The summed E-state index contributed by atoms with van der Waals surface area (Å²) in [5.74, 6) is -1.41. The molecule has 4 rings (SSSR count). The van der Waals surface area contributed by atoms with Crippen molar-refractivity contribution in [1.82, 2.24) is 9.97 Å². The molecule has 1 saturated heterocycles. The first-order valence-corrected chi connectivity index (χ1v) is 9.01. The van der Waals surface area contributed by atoms with E-state index in [2.05, 4.69) is 9.97 Å².